The number of hydrogen-bond acceptors (Lipinski definition) is 1. The fourth-order valence-corrected chi connectivity index (χ4v) is 1.98. The van der Waals surface area contributed by atoms with Gasteiger partial charge in [-0.15, -0.1) is 0 Å². The molecule has 120 valence electrons. The second kappa shape index (κ2) is 9.32. The zero-order valence-corrected chi connectivity index (χ0v) is 12.7. The van der Waals surface area contributed by atoms with E-state index in [1.54, 1.807) is 30.3 Å². The quantitative estimate of drug-likeness (QED) is 0.567. The summed E-state index contributed by atoms with van der Waals surface area (Å²) in [6.07, 6.45) is -1.15. The maximum Gasteiger partial charge on any atom is 0.410 e. The van der Waals surface area contributed by atoms with Crippen molar-refractivity contribution in [1.29, 1.82) is 0 Å². The van der Waals surface area contributed by atoms with Crippen molar-refractivity contribution in [2.45, 2.75) is 51.3 Å². The van der Waals surface area contributed by atoms with Gasteiger partial charge in [0.2, 0.25) is 0 Å². The summed E-state index contributed by atoms with van der Waals surface area (Å²) in [7, 11) is 0. The topological polar surface area (TPSA) is 20.2 Å². The Morgan fingerprint density at radius 1 is 1.18 bits per heavy atom. The van der Waals surface area contributed by atoms with Crippen LogP contribution in [0.2, 0.25) is 0 Å². The number of aliphatic hydroxyl groups excluding tert-OH is 1. The third kappa shape index (κ3) is 7.33. The fraction of sp³-hybridized carbons (Fsp3) is 0.444. The Balaban J connectivity index is 2.82. The zero-order valence-electron chi connectivity index (χ0n) is 12.7. The summed E-state index contributed by atoms with van der Waals surface area (Å²) in [5, 5.41) is 10.1. The van der Waals surface area contributed by atoms with E-state index in [1.165, 1.54) is 0 Å². The molecule has 0 heterocycles. The first-order valence-electron chi connectivity index (χ1n) is 7.45. The molecule has 0 amide bonds. The van der Waals surface area contributed by atoms with Crippen LogP contribution in [-0.2, 0) is 0 Å². The second-order valence-corrected chi connectivity index (χ2v) is 5.07. The molecule has 0 spiro atoms. The molecule has 0 aliphatic heterocycles. The predicted molar refractivity (Wildman–Crippen MR) is 82.1 cm³/mol. The SMILES string of the molecule is CCCCCCC#C/C(=C/C(F)(F)F)C(O)c1ccccc1. The van der Waals surface area contributed by atoms with Gasteiger partial charge in [0.05, 0.1) is 0 Å². The predicted octanol–water partition coefficient (Wildman–Crippen LogP) is 5.18. The van der Waals surface area contributed by atoms with Crippen LogP contribution in [0, 0.1) is 11.8 Å². The van der Waals surface area contributed by atoms with Gasteiger partial charge in [-0.05, 0) is 12.0 Å². The lowest BCUT2D eigenvalue weighted by Crippen LogP contribution is -2.08. The third-order valence-electron chi connectivity index (χ3n) is 3.12. The first kappa shape index (κ1) is 18.3. The molecule has 1 nitrogen and oxygen atoms in total. The summed E-state index contributed by atoms with van der Waals surface area (Å²) < 4.78 is 37.8. The lowest BCUT2D eigenvalue weighted by Gasteiger charge is -2.12. The highest BCUT2D eigenvalue weighted by Gasteiger charge is 2.26. The minimum Gasteiger partial charge on any atom is -0.383 e. The standard InChI is InChI=1S/C18H21F3O/c1-2-3-4-5-6-8-13-16(14-18(19,20)21)17(22)15-11-9-7-10-12-15/h7,9-12,14,17,22H,2-6H2,1H3/b16-14-. The van der Waals surface area contributed by atoms with Gasteiger partial charge in [-0.3, -0.25) is 0 Å². The van der Waals surface area contributed by atoms with Crippen LogP contribution in [0.25, 0.3) is 0 Å². The first-order chi connectivity index (χ1) is 10.4. The molecule has 0 aliphatic carbocycles. The molecule has 1 rings (SSSR count). The van der Waals surface area contributed by atoms with Gasteiger partial charge < -0.3 is 5.11 Å². The number of benzene rings is 1. The van der Waals surface area contributed by atoms with E-state index in [2.05, 4.69) is 18.8 Å². The van der Waals surface area contributed by atoms with Crippen LogP contribution in [0.4, 0.5) is 13.2 Å². The van der Waals surface area contributed by atoms with Crippen LogP contribution in [0.1, 0.15) is 50.7 Å². The lowest BCUT2D eigenvalue weighted by atomic mass is 10.0. The number of alkyl halides is 3. The van der Waals surface area contributed by atoms with Gasteiger partial charge in [-0.2, -0.15) is 13.2 Å². The van der Waals surface area contributed by atoms with E-state index in [1.807, 2.05) is 0 Å². The van der Waals surface area contributed by atoms with Gasteiger partial charge in [-0.25, -0.2) is 0 Å². The first-order valence-corrected chi connectivity index (χ1v) is 7.45. The Morgan fingerprint density at radius 3 is 2.45 bits per heavy atom. The van der Waals surface area contributed by atoms with Crippen molar-refractivity contribution in [1.82, 2.24) is 0 Å². The molecule has 4 heteroatoms. The van der Waals surface area contributed by atoms with Crippen molar-refractivity contribution in [2.24, 2.45) is 0 Å². The van der Waals surface area contributed by atoms with Crippen LogP contribution in [0.15, 0.2) is 42.0 Å². The van der Waals surface area contributed by atoms with Gasteiger partial charge in [0.1, 0.15) is 6.10 Å². The minimum absolute atomic E-state index is 0.0870. The summed E-state index contributed by atoms with van der Waals surface area (Å²) in [6, 6.07) is 8.24. The van der Waals surface area contributed by atoms with Crippen LogP contribution >= 0.6 is 0 Å². The molecule has 0 aliphatic rings. The highest BCUT2D eigenvalue weighted by molar-refractivity contribution is 5.38. The van der Waals surface area contributed by atoms with E-state index in [0.717, 1.165) is 25.7 Å². The van der Waals surface area contributed by atoms with E-state index < -0.39 is 12.3 Å². The van der Waals surface area contributed by atoms with Gasteiger partial charge >= 0.3 is 6.18 Å². The molecular formula is C18H21F3O. The number of aliphatic hydroxyl groups is 1. The number of rotatable bonds is 6. The van der Waals surface area contributed by atoms with Crippen LogP contribution in [0.3, 0.4) is 0 Å². The average Bonchev–Trinajstić information content (AvgIpc) is 2.48. The Morgan fingerprint density at radius 2 is 1.86 bits per heavy atom. The van der Waals surface area contributed by atoms with Crippen LogP contribution in [0.5, 0.6) is 0 Å². The van der Waals surface area contributed by atoms with E-state index >= 15 is 0 Å². The van der Waals surface area contributed by atoms with Gasteiger partial charge in [-0.1, -0.05) is 68.4 Å². The van der Waals surface area contributed by atoms with E-state index in [9.17, 15) is 18.3 Å². The van der Waals surface area contributed by atoms with Crippen molar-refractivity contribution in [3.63, 3.8) is 0 Å². The molecule has 1 aromatic carbocycles. The summed E-state index contributed by atoms with van der Waals surface area (Å²) >= 11 is 0. The summed E-state index contributed by atoms with van der Waals surface area (Å²) in [5.74, 6) is 5.23. The molecule has 1 unspecified atom stereocenters. The summed E-state index contributed by atoms with van der Waals surface area (Å²) in [6.45, 7) is 2.09. The van der Waals surface area contributed by atoms with Crippen molar-refractivity contribution in [3.8, 4) is 11.8 Å². The number of unbranched alkanes of at least 4 members (excludes halogenated alkanes) is 4. The molecule has 0 radical (unpaired) electrons. The van der Waals surface area contributed by atoms with Crippen molar-refractivity contribution < 1.29 is 18.3 Å². The smallest absolute Gasteiger partial charge is 0.383 e. The van der Waals surface area contributed by atoms with Crippen LogP contribution < -0.4 is 0 Å². The normalized spacial score (nSPS) is 13.4. The Labute approximate surface area is 129 Å². The fourth-order valence-electron chi connectivity index (χ4n) is 1.98. The molecule has 0 aromatic heterocycles. The maximum atomic E-state index is 12.6. The number of halogens is 3. The molecule has 22 heavy (non-hydrogen) atoms. The molecule has 0 fully saturated rings. The maximum absolute atomic E-state index is 12.6. The molecule has 0 saturated heterocycles. The van der Waals surface area contributed by atoms with Crippen LogP contribution in [-0.4, -0.2) is 11.3 Å². The van der Waals surface area contributed by atoms with E-state index in [-0.39, 0.29) is 11.6 Å². The molecule has 0 bridgehead atoms. The van der Waals surface area contributed by atoms with E-state index in [0.29, 0.717) is 12.0 Å². The molecular weight excluding hydrogens is 289 g/mol. The third-order valence-corrected chi connectivity index (χ3v) is 3.12. The van der Waals surface area contributed by atoms with Crippen molar-refractivity contribution in [2.75, 3.05) is 0 Å². The average molecular weight is 310 g/mol. The largest absolute Gasteiger partial charge is 0.410 e. The highest BCUT2D eigenvalue weighted by Crippen LogP contribution is 2.26. The van der Waals surface area contributed by atoms with E-state index in [4.69, 9.17) is 0 Å². The second-order valence-electron chi connectivity index (χ2n) is 5.07. The number of hydrogen-bond donors (Lipinski definition) is 1. The van der Waals surface area contributed by atoms with Crippen molar-refractivity contribution in [3.05, 3.63) is 47.5 Å². The molecule has 1 aromatic rings. The lowest BCUT2D eigenvalue weighted by molar-refractivity contribution is -0.0810. The van der Waals surface area contributed by atoms with Gasteiger partial charge in [0.25, 0.3) is 0 Å². The highest BCUT2D eigenvalue weighted by atomic mass is 19.4. The minimum atomic E-state index is -4.50. The Bertz CT molecular complexity index is 521. The van der Waals surface area contributed by atoms with Crippen molar-refractivity contribution >= 4 is 0 Å². The molecule has 1 atom stereocenters. The zero-order chi connectivity index (χ0) is 16.4. The molecule has 1 N–H and O–H groups in total. The van der Waals surface area contributed by atoms with Gasteiger partial charge in [0.15, 0.2) is 0 Å². The summed E-state index contributed by atoms with van der Waals surface area (Å²) in [4.78, 5) is 0. The summed E-state index contributed by atoms with van der Waals surface area (Å²) in [5.41, 5.74) is 0.0903. The van der Waals surface area contributed by atoms with Gasteiger partial charge in [0, 0.05) is 18.1 Å². The Kier molecular flexibility index (Phi) is 7.76. The monoisotopic (exact) mass is 310 g/mol. The Hall–Kier alpha value is -1.73. The number of allylic oxidation sites excluding steroid dienone is 1. The molecule has 0 saturated carbocycles.